The number of ether oxygens (including phenoxy) is 2. The van der Waals surface area contributed by atoms with Crippen LogP contribution in [0.3, 0.4) is 0 Å². The Morgan fingerprint density at radius 1 is 1.11 bits per heavy atom. The van der Waals surface area contributed by atoms with Crippen molar-refractivity contribution in [2.24, 2.45) is 0 Å². The normalized spacial score (nSPS) is 11.3. The van der Waals surface area contributed by atoms with Gasteiger partial charge >= 0.3 is 6.09 Å². The third-order valence-corrected chi connectivity index (χ3v) is 4.92. The molecule has 3 aromatic carbocycles. The summed E-state index contributed by atoms with van der Waals surface area (Å²) in [5, 5.41) is 24.3. The molecule has 178 valence electrons. The zero-order chi connectivity index (χ0) is 25.2. The molecule has 0 spiro atoms. The van der Waals surface area contributed by atoms with Crippen LogP contribution < -0.4 is 21.1 Å². The highest BCUT2D eigenvalue weighted by Gasteiger charge is 2.18. The van der Waals surface area contributed by atoms with Gasteiger partial charge in [-0.1, -0.05) is 24.3 Å². The van der Waals surface area contributed by atoms with Crippen LogP contribution in [0, 0.1) is 11.3 Å². The Kier molecular flexibility index (Phi) is 8.29. The number of amides is 2. The van der Waals surface area contributed by atoms with Gasteiger partial charge in [0.15, 0.2) is 11.5 Å². The highest BCUT2D eigenvalue weighted by Crippen LogP contribution is 2.32. The highest BCUT2D eigenvalue weighted by atomic mass is 16.6. The average Bonchev–Trinajstić information content (AvgIpc) is 2.85. The van der Waals surface area contributed by atoms with Crippen molar-refractivity contribution in [3.8, 4) is 17.6 Å². The number of para-hydroxylation sites is 2. The van der Waals surface area contributed by atoms with Crippen LogP contribution >= 0.6 is 0 Å². The minimum atomic E-state index is -0.823. The molecule has 0 bridgehead atoms. The van der Waals surface area contributed by atoms with E-state index >= 15 is 0 Å². The van der Waals surface area contributed by atoms with Gasteiger partial charge in [0, 0.05) is 12.1 Å². The van der Waals surface area contributed by atoms with Gasteiger partial charge in [-0.2, -0.15) is 5.26 Å². The second-order valence-electron chi connectivity index (χ2n) is 7.35. The highest BCUT2D eigenvalue weighted by molar-refractivity contribution is 6.01. The van der Waals surface area contributed by atoms with Crippen molar-refractivity contribution in [2.75, 3.05) is 23.5 Å². The Balaban J connectivity index is 1.72. The van der Waals surface area contributed by atoms with Crippen LogP contribution in [0.1, 0.15) is 23.7 Å². The number of aromatic hydroxyl groups is 1. The maximum atomic E-state index is 12.5. The van der Waals surface area contributed by atoms with Crippen LogP contribution in [0.4, 0.5) is 21.9 Å². The first-order valence-corrected chi connectivity index (χ1v) is 10.6. The lowest BCUT2D eigenvalue weighted by Crippen LogP contribution is -2.17. The number of hydrogen-bond donors (Lipinski definition) is 4. The lowest BCUT2D eigenvalue weighted by Gasteiger charge is -2.18. The molecule has 0 unspecified atom stereocenters. The number of nitrogen functional groups attached to an aromatic ring is 1. The summed E-state index contributed by atoms with van der Waals surface area (Å²) < 4.78 is 10.6. The Morgan fingerprint density at radius 3 is 2.51 bits per heavy atom. The minimum absolute atomic E-state index is 0.118. The predicted molar refractivity (Wildman–Crippen MR) is 132 cm³/mol. The summed E-state index contributed by atoms with van der Waals surface area (Å²) in [6.45, 7) is 0. The maximum absolute atomic E-state index is 12.5. The number of carbonyl (C=O) groups is 2. The van der Waals surface area contributed by atoms with E-state index in [0.29, 0.717) is 28.2 Å². The molecule has 0 aliphatic rings. The number of phenolic OH excluding ortho intramolecular Hbond substituents is 1. The van der Waals surface area contributed by atoms with Crippen LogP contribution in [0.5, 0.6) is 11.5 Å². The zero-order valence-corrected chi connectivity index (χ0v) is 18.9. The SMILES string of the molecule is COc1ccc([C@@H](C/C=C/C(=O)Nc2ccccc2N)OC(=O)Nc2ccc(C#N)cc2)cc1O. The number of nitrogens with zero attached hydrogens (tertiary/aromatic N) is 1. The van der Waals surface area contributed by atoms with E-state index < -0.39 is 18.1 Å². The summed E-state index contributed by atoms with van der Waals surface area (Å²) in [5.74, 6) is -0.251. The van der Waals surface area contributed by atoms with Gasteiger partial charge in [-0.15, -0.1) is 0 Å². The Hall–Kier alpha value is -4.97. The number of carbonyl (C=O) groups excluding carboxylic acids is 2. The molecule has 0 heterocycles. The first kappa shape index (κ1) is 24.7. The van der Waals surface area contributed by atoms with Crippen molar-refractivity contribution < 1.29 is 24.2 Å². The van der Waals surface area contributed by atoms with E-state index in [1.165, 1.54) is 19.3 Å². The van der Waals surface area contributed by atoms with Crippen LogP contribution in [-0.2, 0) is 9.53 Å². The molecule has 0 aromatic heterocycles. The molecule has 0 saturated carbocycles. The summed E-state index contributed by atoms with van der Waals surface area (Å²) in [7, 11) is 1.43. The van der Waals surface area contributed by atoms with Crippen LogP contribution in [-0.4, -0.2) is 24.2 Å². The zero-order valence-electron chi connectivity index (χ0n) is 18.9. The molecule has 0 saturated heterocycles. The molecule has 9 heteroatoms. The summed E-state index contributed by atoms with van der Waals surface area (Å²) >= 11 is 0. The van der Waals surface area contributed by atoms with Gasteiger partial charge in [0.2, 0.25) is 5.91 Å². The largest absolute Gasteiger partial charge is 0.504 e. The Labute approximate surface area is 202 Å². The summed E-state index contributed by atoms with van der Waals surface area (Å²) in [4.78, 5) is 24.8. The number of nitrogens with one attached hydrogen (secondary N) is 2. The van der Waals surface area contributed by atoms with E-state index in [1.807, 2.05) is 6.07 Å². The van der Waals surface area contributed by atoms with Gasteiger partial charge < -0.3 is 25.6 Å². The molecule has 9 nitrogen and oxygen atoms in total. The lowest BCUT2D eigenvalue weighted by molar-refractivity contribution is -0.111. The van der Waals surface area contributed by atoms with E-state index in [9.17, 15) is 14.7 Å². The number of rotatable bonds is 8. The molecule has 2 amide bonds. The molecule has 0 aliphatic carbocycles. The van der Waals surface area contributed by atoms with Gasteiger partial charge in [-0.3, -0.25) is 10.1 Å². The monoisotopic (exact) mass is 472 g/mol. The number of hydrogen-bond acceptors (Lipinski definition) is 7. The molecule has 0 radical (unpaired) electrons. The van der Waals surface area contributed by atoms with E-state index in [1.54, 1.807) is 66.7 Å². The van der Waals surface area contributed by atoms with Crippen molar-refractivity contribution in [1.29, 1.82) is 5.26 Å². The molecular weight excluding hydrogens is 448 g/mol. The Bertz CT molecular complexity index is 1270. The van der Waals surface area contributed by atoms with E-state index in [2.05, 4.69) is 10.6 Å². The van der Waals surface area contributed by atoms with Crippen LogP contribution in [0.15, 0.2) is 78.9 Å². The third-order valence-electron chi connectivity index (χ3n) is 4.92. The predicted octanol–water partition coefficient (Wildman–Crippen LogP) is 4.73. The number of benzene rings is 3. The molecule has 5 N–H and O–H groups in total. The number of anilines is 3. The first-order chi connectivity index (χ1) is 16.9. The van der Waals surface area contributed by atoms with Gasteiger partial charge in [0.1, 0.15) is 6.10 Å². The van der Waals surface area contributed by atoms with E-state index in [4.69, 9.17) is 20.5 Å². The fourth-order valence-corrected chi connectivity index (χ4v) is 3.15. The third kappa shape index (κ3) is 7.00. The smallest absolute Gasteiger partial charge is 0.412 e. The first-order valence-electron chi connectivity index (χ1n) is 10.6. The van der Waals surface area contributed by atoms with Crippen molar-refractivity contribution in [3.05, 3.63) is 90.0 Å². The van der Waals surface area contributed by atoms with E-state index in [0.717, 1.165) is 0 Å². The van der Waals surface area contributed by atoms with Crippen molar-refractivity contribution in [3.63, 3.8) is 0 Å². The quantitative estimate of drug-likeness (QED) is 0.274. The number of nitriles is 1. The average molecular weight is 473 g/mol. The minimum Gasteiger partial charge on any atom is -0.504 e. The summed E-state index contributed by atoms with van der Waals surface area (Å²) in [5.41, 5.74) is 8.15. The van der Waals surface area contributed by atoms with Crippen molar-refractivity contribution in [1.82, 2.24) is 0 Å². The maximum Gasteiger partial charge on any atom is 0.412 e. The van der Waals surface area contributed by atoms with E-state index in [-0.39, 0.29) is 17.9 Å². The molecule has 3 rings (SSSR count). The fourth-order valence-electron chi connectivity index (χ4n) is 3.15. The number of nitrogens with two attached hydrogens (primary N) is 1. The van der Waals surface area contributed by atoms with Crippen molar-refractivity contribution >= 4 is 29.1 Å². The molecule has 35 heavy (non-hydrogen) atoms. The molecular formula is C26H24N4O5. The van der Waals surface area contributed by atoms with Gasteiger partial charge in [0.25, 0.3) is 0 Å². The number of phenols is 1. The standard InChI is InChI=1S/C26H24N4O5/c1-34-24-14-11-18(15-22(24)31)23(35-26(33)29-19-12-9-17(16-27)10-13-19)7-4-8-25(32)30-21-6-3-2-5-20(21)28/h2-6,8-15,23,31H,7,28H2,1H3,(H,29,33)(H,30,32)/b8-4+/t23-/m1/s1. The van der Waals surface area contributed by atoms with Crippen LogP contribution in [0.25, 0.3) is 0 Å². The second kappa shape index (κ2) is 11.8. The van der Waals surface area contributed by atoms with Crippen LogP contribution in [0.2, 0.25) is 0 Å². The number of methoxy groups -OCH3 is 1. The topological polar surface area (TPSA) is 147 Å². The Morgan fingerprint density at radius 2 is 1.86 bits per heavy atom. The van der Waals surface area contributed by atoms with Gasteiger partial charge in [-0.05, 0) is 60.2 Å². The molecule has 3 aromatic rings. The van der Waals surface area contributed by atoms with Gasteiger partial charge in [0.05, 0.1) is 30.1 Å². The molecule has 1 atom stereocenters. The van der Waals surface area contributed by atoms with Crippen molar-refractivity contribution in [2.45, 2.75) is 12.5 Å². The lowest BCUT2D eigenvalue weighted by atomic mass is 10.1. The second-order valence-corrected chi connectivity index (χ2v) is 7.35. The fraction of sp³-hybridized carbons (Fsp3) is 0.115. The van der Waals surface area contributed by atoms with Gasteiger partial charge in [-0.25, -0.2) is 4.79 Å². The molecule has 0 aliphatic heterocycles. The summed E-state index contributed by atoms with van der Waals surface area (Å²) in [6, 6.07) is 19.8. The molecule has 0 fully saturated rings. The summed E-state index contributed by atoms with van der Waals surface area (Å²) in [6.07, 6.45) is 1.44.